The molecular formula is C13H22N2O5. The second-order valence-corrected chi connectivity index (χ2v) is 5.19. The fourth-order valence-electron chi connectivity index (χ4n) is 1.47. The van der Waals surface area contributed by atoms with Crippen molar-refractivity contribution in [2.45, 2.75) is 38.8 Å². The summed E-state index contributed by atoms with van der Waals surface area (Å²) in [5.74, 6) is -2.00. The first-order valence-corrected chi connectivity index (χ1v) is 6.12. The van der Waals surface area contributed by atoms with Crippen LogP contribution in [0, 0.1) is 0 Å². The van der Waals surface area contributed by atoms with Crippen molar-refractivity contribution < 1.29 is 24.2 Å². The molecular weight excluding hydrogens is 264 g/mol. The zero-order chi connectivity index (χ0) is 15.9. The highest BCUT2D eigenvalue weighted by atomic mass is 16.5. The Labute approximate surface area is 118 Å². The molecule has 0 aliphatic heterocycles. The molecule has 7 nitrogen and oxygen atoms in total. The third-order valence-electron chi connectivity index (χ3n) is 2.56. The minimum Gasteiger partial charge on any atom is -0.480 e. The van der Waals surface area contributed by atoms with Gasteiger partial charge in [0.2, 0.25) is 0 Å². The lowest BCUT2D eigenvalue weighted by molar-refractivity contribution is -0.147. The second-order valence-electron chi connectivity index (χ2n) is 5.19. The largest absolute Gasteiger partial charge is 0.480 e. The molecule has 0 bridgehead atoms. The van der Waals surface area contributed by atoms with Gasteiger partial charge in [0.1, 0.15) is 6.04 Å². The third kappa shape index (κ3) is 5.73. The topological polar surface area (TPSA) is 95.9 Å². The van der Waals surface area contributed by atoms with Gasteiger partial charge in [0.15, 0.2) is 0 Å². The van der Waals surface area contributed by atoms with Gasteiger partial charge in [-0.1, -0.05) is 6.08 Å². The van der Waals surface area contributed by atoms with Crippen molar-refractivity contribution in [3.05, 3.63) is 12.7 Å². The summed E-state index contributed by atoms with van der Waals surface area (Å²) in [6.07, 6.45) is 1.12. The Morgan fingerprint density at radius 2 is 1.95 bits per heavy atom. The van der Waals surface area contributed by atoms with E-state index < -0.39 is 36.0 Å². The van der Waals surface area contributed by atoms with E-state index in [2.05, 4.69) is 16.6 Å². The Balaban J connectivity index is 4.92. The molecule has 2 N–H and O–H groups in total. The Bertz CT molecular complexity index is 387. The highest BCUT2D eigenvalue weighted by molar-refractivity contribution is 5.86. The molecule has 0 aromatic carbocycles. The van der Waals surface area contributed by atoms with Crippen molar-refractivity contribution in [3.63, 3.8) is 0 Å². The van der Waals surface area contributed by atoms with Gasteiger partial charge in [-0.05, 0) is 20.8 Å². The summed E-state index contributed by atoms with van der Waals surface area (Å²) in [5, 5.41) is 11.3. The van der Waals surface area contributed by atoms with Gasteiger partial charge in [0.05, 0.1) is 13.5 Å². The molecule has 0 aliphatic carbocycles. The van der Waals surface area contributed by atoms with E-state index in [1.165, 1.54) is 4.90 Å². The van der Waals surface area contributed by atoms with Gasteiger partial charge in [-0.25, -0.2) is 9.59 Å². The van der Waals surface area contributed by atoms with E-state index in [-0.39, 0.29) is 6.54 Å². The van der Waals surface area contributed by atoms with Crippen LogP contribution in [0.25, 0.3) is 0 Å². The Morgan fingerprint density at radius 1 is 1.40 bits per heavy atom. The lowest BCUT2D eigenvalue weighted by atomic mass is 10.1. The molecule has 1 atom stereocenters. The average molecular weight is 286 g/mol. The monoisotopic (exact) mass is 286 g/mol. The molecule has 0 heterocycles. The first-order valence-electron chi connectivity index (χ1n) is 6.12. The summed E-state index contributed by atoms with van der Waals surface area (Å²) in [6, 6.07) is -1.90. The number of carboxylic acids is 1. The van der Waals surface area contributed by atoms with Crippen molar-refractivity contribution >= 4 is 18.0 Å². The minimum atomic E-state index is -1.33. The number of nitrogens with one attached hydrogen (secondary N) is 1. The number of methoxy groups -OCH3 is 1. The molecule has 0 aromatic heterocycles. The van der Waals surface area contributed by atoms with E-state index >= 15 is 0 Å². The highest BCUT2D eigenvalue weighted by Gasteiger charge is 2.30. The lowest BCUT2D eigenvalue weighted by Gasteiger charge is -2.35. The molecule has 0 aliphatic rings. The van der Waals surface area contributed by atoms with Crippen LogP contribution in [0.15, 0.2) is 12.7 Å². The van der Waals surface area contributed by atoms with Crippen molar-refractivity contribution in [1.82, 2.24) is 10.2 Å². The molecule has 0 fully saturated rings. The Morgan fingerprint density at radius 3 is 2.30 bits per heavy atom. The van der Waals surface area contributed by atoms with Gasteiger partial charge in [-0.2, -0.15) is 0 Å². The summed E-state index contributed by atoms with van der Waals surface area (Å²) in [4.78, 5) is 35.7. The maximum absolute atomic E-state index is 12.1. The molecule has 0 saturated heterocycles. The van der Waals surface area contributed by atoms with Gasteiger partial charge in [-0.3, -0.25) is 4.79 Å². The molecule has 2 amide bonds. The number of aliphatic carboxylic acids is 1. The van der Waals surface area contributed by atoms with E-state index in [1.807, 2.05) is 20.8 Å². The molecule has 0 radical (unpaired) electrons. The van der Waals surface area contributed by atoms with Crippen molar-refractivity contribution in [3.8, 4) is 0 Å². The smallest absolute Gasteiger partial charge is 0.326 e. The summed E-state index contributed by atoms with van der Waals surface area (Å²) >= 11 is 0. The fourth-order valence-corrected chi connectivity index (χ4v) is 1.47. The molecule has 7 heteroatoms. The minimum absolute atomic E-state index is 0.264. The van der Waals surface area contributed by atoms with Crippen LogP contribution in [0.3, 0.4) is 0 Å². The van der Waals surface area contributed by atoms with Crippen LogP contribution < -0.4 is 5.32 Å². The van der Waals surface area contributed by atoms with Crippen LogP contribution in [-0.4, -0.2) is 53.2 Å². The molecule has 0 unspecified atom stereocenters. The van der Waals surface area contributed by atoms with Crippen LogP contribution in [-0.2, 0) is 14.3 Å². The quantitative estimate of drug-likeness (QED) is 0.561. The first kappa shape index (κ1) is 17.9. The molecule has 0 saturated carbocycles. The Kier molecular flexibility index (Phi) is 6.75. The van der Waals surface area contributed by atoms with E-state index in [0.29, 0.717) is 0 Å². The van der Waals surface area contributed by atoms with Crippen LogP contribution in [0.1, 0.15) is 27.2 Å². The molecule has 20 heavy (non-hydrogen) atoms. The number of carboxylic acid groups (broad SMARTS) is 1. The molecule has 0 spiro atoms. The number of hydrogen-bond acceptors (Lipinski definition) is 4. The molecule has 114 valence electrons. The maximum atomic E-state index is 12.1. The van der Waals surface area contributed by atoms with Gasteiger partial charge in [-0.15, -0.1) is 6.58 Å². The summed E-state index contributed by atoms with van der Waals surface area (Å²) in [7, 11) is 1.15. The van der Waals surface area contributed by atoms with Crippen molar-refractivity contribution in [1.29, 1.82) is 0 Å². The predicted octanol–water partition coefficient (Wildman–Crippen LogP) is 0.999. The zero-order valence-corrected chi connectivity index (χ0v) is 12.3. The third-order valence-corrected chi connectivity index (χ3v) is 2.56. The Hall–Kier alpha value is -2.05. The van der Waals surface area contributed by atoms with Crippen molar-refractivity contribution in [2.75, 3.05) is 13.7 Å². The predicted molar refractivity (Wildman–Crippen MR) is 73.2 cm³/mol. The van der Waals surface area contributed by atoms with Crippen LogP contribution in [0.5, 0.6) is 0 Å². The van der Waals surface area contributed by atoms with E-state index in [1.54, 1.807) is 6.08 Å². The molecule has 0 aromatic rings. The number of urea groups is 1. The fraction of sp³-hybridized carbons (Fsp3) is 0.615. The summed E-state index contributed by atoms with van der Waals surface area (Å²) < 4.78 is 4.40. The number of carbonyl (C=O) groups is 3. The normalized spacial score (nSPS) is 12.2. The number of hydrogen-bond donors (Lipinski definition) is 2. The standard InChI is InChI=1S/C13H22N2O5/c1-6-7-15(13(2,3)4)12(19)14-9(11(17)18)8-10(16)20-5/h6,9H,1,7-8H2,2-5H3,(H,14,19)(H,17,18)/t9-/m0/s1. The number of esters is 1. The summed E-state index contributed by atoms with van der Waals surface area (Å²) in [6.45, 7) is 9.26. The van der Waals surface area contributed by atoms with Crippen LogP contribution >= 0.6 is 0 Å². The highest BCUT2D eigenvalue weighted by Crippen LogP contribution is 2.13. The number of amides is 2. The average Bonchev–Trinajstić information content (AvgIpc) is 2.32. The number of rotatable bonds is 6. The van der Waals surface area contributed by atoms with Gasteiger partial charge in [0.25, 0.3) is 0 Å². The van der Waals surface area contributed by atoms with Gasteiger partial charge >= 0.3 is 18.0 Å². The van der Waals surface area contributed by atoms with E-state index in [9.17, 15) is 14.4 Å². The van der Waals surface area contributed by atoms with Crippen molar-refractivity contribution in [2.24, 2.45) is 0 Å². The van der Waals surface area contributed by atoms with Crippen LogP contribution in [0.4, 0.5) is 4.79 Å². The SMILES string of the molecule is C=CCN(C(=O)N[C@@H](CC(=O)OC)C(=O)O)C(C)(C)C. The van der Waals surface area contributed by atoms with E-state index in [0.717, 1.165) is 7.11 Å². The maximum Gasteiger partial charge on any atom is 0.326 e. The first-order chi connectivity index (χ1) is 9.13. The van der Waals surface area contributed by atoms with Gasteiger partial charge in [0, 0.05) is 12.1 Å². The second kappa shape index (κ2) is 7.52. The number of carbonyl (C=O) groups excluding carboxylic acids is 2. The summed E-state index contributed by atoms with van der Waals surface area (Å²) in [5.41, 5.74) is -0.507. The van der Waals surface area contributed by atoms with Crippen LogP contribution in [0.2, 0.25) is 0 Å². The van der Waals surface area contributed by atoms with Gasteiger partial charge < -0.3 is 20.1 Å². The zero-order valence-electron chi connectivity index (χ0n) is 12.3. The lowest BCUT2D eigenvalue weighted by Crippen LogP contribution is -2.54. The number of ether oxygens (including phenoxy) is 1. The number of nitrogens with zero attached hydrogens (tertiary/aromatic N) is 1. The molecule has 0 rings (SSSR count). The van der Waals surface area contributed by atoms with E-state index in [4.69, 9.17) is 5.11 Å².